The third-order valence-corrected chi connectivity index (χ3v) is 8.51. The number of rotatable bonds is 9. The van der Waals surface area contributed by atoms with Crippen LogP contribution in [0.5, 0.6) is 11.5 Å². The van der Waals surface area contributed by atoms with E-state index < -0.39 is 5.91 Å². The van der Waals surface area contributed by atoms with Gasteiger partial charge in [-0.1, -0.05) is 18.2 Å². The van der Waals surface area contributed by atoms with Crippen molar-refractivity contribution in [2.75, 3.05) is 38.8 Å². The molecular formula is C32H32N6O4S. The van der Waals surface area contributed by atoms with E-state index in [4.69, 9.17) is 14.5 Å². The van der Waals surface area contributed by atoms with Crippen LogP contribution < -0.4 is 25.0 Å². The van der Waals surface area contributed by atoms with Crippen molar-refractivity contribution in [1.82, 2.24) is 25.6 Å². The number of hydrogen-bond donors (Lipinski definition) is 2. The van der Waals surface area contributed by atoms with Crippen LogP contribution in [0.3, 0.4) is 0 Å². The molecule has 0 bridgehead atoms. The van der Waals surface area contributed by atoms with Crippen LogP contribution in [0.2, 0.25) is 0 Å². The van der Waals surface area contributed by atoms with Crippen molar-refractivity contribution >= 4 is 45.8 Å². The molecule has 0 radical (unpaired) electrons. The van der Waals surface area contributed by atoms with E-state index in [-0.39, 0.29) is 5.24 Å². The van der Waals surface area contributed by atoms with E-state index in [1.54, 1.807) is 32.6 Å². The topological polar surface area (TPSA) is 119 Å². The monoisotopic (exact) mass is 596 g/mol. The lowest BCUT2D eigenvalue weighted by atomic mass is 9.96. The summed E-state index contributed by atoms with van der Waals surface area (Å²) in [4.78, 5) is 40.0. The molecule has 2 aromatic carbocycles. The van der Waals surface area contributed by atoms with Gasteiger partial charge in [-0.3, -0.25) is 14.9 Å². The van der Waals surface area contributed by atoms with Crippen molar-refractivity contribution in [1.29, 1.82) is 0 Å². The third kappa shape index (κ3) is 6.47. The molecule has 0 atom stereocenters. The van der Waals surface area contributed by atoms with Crippen LogP contribution in [-0.4, -0.2) is 60.0 Å². The molecule has 0 aliphatic carbocycles. The van der Waals surface area contributed by atoms with Crippen molar-refractivity contribution in [3.63, 3.8) is 0 Å². The van der Waals surface area contributed by atoms with Gasteiger partial charge < -0.3 is 19.7 Å². The number of benzene rings is 2. The predicted molar refractivity (Wildman–Crippen MR) is 168 cm³/mol. The molecule has 2 aliphatic rings. The Morgan fingerprint density at radius 1 is 1.05 bits per heavy atom. The quantitative estimate of drug-likeness (QED) is 0.255. The smallest absolute Gasteiger partial charge is 0.290 e. The zero-order chi connectivity index (χ0) is 29.8. The molecule has 2 saturated heterocycles. The van der Waals surface area contributed by atoms with Gasteiger partial charge in [0.25, 0.3) is 11.1 Å². The summed E-state index contributed by atoms with van der Waals surface area (Å²) in [5.41, 5.74) is 4.47. The van der Waals surface area contributed by atoms with E-state index >= 15 is 0 Å². The Balaban J connectivity index is 1.11. The molecule has 2 aromatic heterocycles. The summed E-state index contributed by atoms with van der Waals surface area (Å²) in [7, 11) is 3.31. The summed E-state index contributed by atoms with van der Waals surface area (Å²) < 4.78 is 11.1. The van der Waals surface area contributed by atoms with Gasteiger partial charge in [-0.05, 0) is 79.0 Å². The molecule has 2 amide bonds. The number of imide groups is 1. The summed E-state index contributed by atoms with van der Waals surface area (Å²) in [6.07, 6.45) is 5.33. The first kappa shape index (κ1) is 28.6. The Labute approximate surface area is 253 Å². The van der Waals surface area contributed by atoms with Gasteiger partial charge in [0, 0.05) is 42.8 Å². The zero-order valence-electron chi connectivity index (χ0n) is 24.0. The van der Waals surface area contributed by atoms with E-state index in [2.05, 4.69) is 37.6 Å². The molecule has 0 unspecified atom stereocenters. The highest BCUT2D eigenvalue weighted by molar-refractivity contribution is 8.18. The number of carbonyl (C=O) groups excluding carboxylic acids is 2. The number of piperidine rings is 1. The van der Waals surface area contributed by atoms with Gasteiger partial charge in [0.15, 0.2) is 0 Å². The molecule has 220 valence electrons. The van der Waals surface area contributed by atoms with Crippen LogP contribution >= 0.6 is 11.8 Å². The fourth-order valence-electron chi connectivity index (χ4n) is 5.42. The fourth-order valence-corrected chi connectivity index (χ4v) is 6.09. The third-order valence-electron chi connectivity index (χ3n) is 7.70. The molecular weight excluding hydrogens is 564 g/mol. The maximum Gasteiger partial charge on any atom is 0.290 e. The number of aromatic nitrogens is 3. The van der Waals surface area contributed by atoms with E-state index in [1.807, 2.05) is 36.4 Å². The number of pyridine rings is 1. The fraction of sp³-hybridized carbons (Fsp3) is 0.281. The van der Waals surface area contributed by atoms with Crippen LogP contribution in [0.1, 0.15) is 24.1 Å². The second kappa shape index (κ2) is 12.8. The summed E-state index contributed by atoms with van der Waals surface area (Å²) in [6, 6.07) is 17.9. The van der Waals surface area contributed by atoms with Gasteiger partial charge in [-0.15, -0.1) is 0 Å². The lowest BCUT2D eigenvalue weighted by Crippen LogP contribution is -2.38. The first-order chi connectivity index (χ1) is 21.0. The summed E-state index contributed by atoms with van der Waals surface area (Å²) >= 11 is 0.885. The van der Waals surface area contributed by atoms with Crippen molar-refractivity contribution in [3.05, 3.63) is 77.0 Å². The zero-order valence-corrected chi connectivity index (χ0v) is 24.8. The Morgan fingerprint density at radius 2 is 1.88 bits per heavy atom. The summed E-state index contributed by atoms with van der Waals surface area (Å²) in [5.74, 6) is 2.21. The number of fused-ring (bicyclic) bond motifs is 1. The lowest BCUT2D eigenvalue weighted by Gasteiger charge is -2.32. The minimum absolute atomic E-state index is 0.342. The number of nitrogens with one attached hydrogen (secondary N) is 2. The van der Waals surface area contributed by atoms with Gasteiger partial charge in [0.2, 0.25) is 5.95 Å². The molecule has 6 rings (SSSR count). The van der Waals surface area contributed by atoms with E-state index in [0.29, 0.717) is 29.0 Å². The molecule has 2 aliphatic heterocycles. The van der Waals surface area contributed by atoms with Crippen molar-refractivity contribution in [2.24, 2.45) is 5.92 Å². The molecule has 10 nitrogen and oxygen atoms in total. The first-order valence-electron chi connectivity index (χ1n) is 14.2. The standard InChI is InChI=1S/C32H32N6O4S/c1-41-24-7-8-25(27(17-24)42-2)29-22(15-21-5-3-4-6-26(21)36-29)19-33-18-20-10-13-38(14-11-20)31-34-12-9-23(35-31)16-28-30(39)37-32(40)43-28/h3-9,12,15-17,20,33H,10-11,13-14,18-19H2,1-2H3,(H,37,39,40)/b28-16-. The number of ether oxygens (including phenoxy) is 2. The maximum atomic E-state index is 11.9. The highest BCUT2D eigenvalue weighted by atomic mass is 32.2. The number of nitrogens with zero attached hydrogens (tertiary/aromatic N) is 4. The Morgan fingerprint density at radius 3 is 2.65 bits per heavy atom. The molecule has 0 saturated carbocycles. The Kier molecular flexibility index (Phi) is 8.52. The molecule has 11 heteroatoms. The van der Waals surface area contributed by atoms with Gasteiger partial charge in [0.1, 0.15) is 11.5 Å². The molecule has 43 heavy (non-hydrogen) atoms. The number of carbonyl (C=O) groups is 2. The van der Waals surface area contributed by atoms with E-state index in [1.165, 1.54) is 0 Å². The number of hydrogen-bond acceptors (Lipinski definition) is 10. The average molecular weight is 597 g/mol. The second-order valence-electron chi connectivity index (χ2n) is 10.5. The van der Waals surface area contributed by atoms with Crippen molar-refractivity contribution in [3.8, 4) is 22.8 Å². The van der Waals surface area contributed by atoms with E-state index in [9.17, 15) is 9.59 Å². The Bertz CT molecular complexity index is 1700. The van der Waals surface area contributed by atoms with Crippen molar-refractivity contribution < 1.29 is 19.1 Å². The highest BCUT2D eigenvalue weighted by Crippen LogP contribution is 2.35. The average Bonchev–Trinajstić information content (AvgIpc) is 3.36. The summed E-state index contributed by atoms with van der Waals surface area (Å²) in [6.45, 7) is 3.24. The number of anilines is 1. The second-order valence-corrected chi connectivity index (χ2v) is 11.5. The Hall–Kier alpha value is -4.48. The molecule has 4 heterocycles. The minimum atomic E-state index is -0.391. The number of methoxy groups -OCH3 is 2. The number of para-hydroxylation sites is 1. The van der Waals surface area contributed by atoms with Crippen LogP contribution in [0.4, 0.5) is 10.7 Å². The molecule has 0 spiro atoms. The first-order valence-corrected chi connectivity index (χ1v) is 15.0. The normalized spacial score (nSPS) is 16.6. The van der Waals surface area contributed by atoms with E-state index in [0.717, 1.165) is 83.5 Å². The lowest BCUT2D eigenvalue weighted by molar-refractivity contribution is -0.115. The van der Waals surface area contributed by atoms with Gasteiger partial charge in [-0.25, -0.2) is 15.0 Å². The predicted octanol–water partition coefficient (Wildman–Crippen LogP) is 5.04. The largest absolute Gasteiger partial charge is 0.497 e. The van der Waals surface area contributed by atoms with Gasteiger partial charge in [-0.2, -0.15) is 0 Å². The van der Waals surface area contributed by atoms with Gasteiger partial charge >= 0.3 is 0 Å². The highest BCUT2D eigenvalue weighted by Gasteiger charge is 2.26. The minimum Gasteiger partial charge on any atom is -0.497 e. The van der Waals surface area contributed by atoms with Crippen molar-refractivity contribution in [2.45, 2.75) is 19.4 Å². The SMILES string of the molecule is COc1ccc(-c2nc3ccccc3cc2CNCC2CCN(c3nccc(/C=C4\SC(=O)NC4=O)n3)CC2)c(OC)c1. The number of thioether (sulfide) groups is 1. The number of amides is 2. The molecule has 2 fully saturated rings. The van der Waals surface area contributed by atoms with Crippen LogP contribution in [-0.2, 0) is 11.3 Å². The van der Waals surface area contributed by atoms with Crippen LogP contribution in [0, 0.1) is 5.92 Å². The summed E-state index contributed by atoms with van der Waals surface area (Å²) in [5, 5.41) is 6.69. The maximum absolute atomic E-state index is 11.9. The van der Waals surface area contributed by atoms with Crippen LogP contribution in [0.15, 0.2) is 65.7 Å². The van der Waals surface area contributed by atoms with Gasteiger partial charge in [0.05, 0.1) is 36.0 Å². The van der Waals surface area contributed by atoms with Crippen LogP contribution in [0.25, 0.3) is 28.2 Å². The molecule has 4 aromatic rings. The molecule has 2 N–H and O–H groups in total.